The third-order valence-electron chi connectivity index (χ3n) is 7.49. The minimum atomic E-state index is -4.59. The molecule has 0 saturated carbocycles. The Hall–Kier alpha value is -4.77. The zero-order chi connectivity index (χ0) is 31.7. The van der Waals surface area contributed by atoms with Gasteiger partial charge < -0.3 is 20.1 Å². The minimum Gasteiger partial charge on any atom is -0.457 e. The third-order valence-corrected chi connectivity index (χ3v) is 8.24. The molecule has 2 N–H and O–H groups in total. The molecule has 2 atom stereocenters. The van der Waals surface area contributed by atoms with Crippen molar-refractivity contribution in [2.75, 3.05) is 10.6 Å². The zero-order valence-corrected chi connectivity index (χ0v) is 25.8. The number of ether oxygens (including phenoxy) is 2. The molecule has 1 amide bonds. The number of carbonyl (C=O) groups excluding carboxylic acids is 1. The van der Waals surface area contributed by atoms with Gasteiger partial charge >= 0.3 is 6.18 Å². The average molecular weight is 678 g/mol. The van der Waals surface area contributed by atoms with Crippen LogP contribution in [0.5, 0.6) is 23.0 Å². The van der Waals surface area contributed by atoms with E-state index in [4.69, 9.17) is 9.47 Å². The van der Waals surface area contributed by atoms with Crippen molar-refractivity contribution in [3.63, 3.8) is 0 Å². The molecule has 1 aliphatic heterocycles. The van der Waals surface area contributed by atoms with Crippen molar-refractivity contribution in [1.82, 2.24) is 9.78 Å². The van der Waals surface area contributed by atoms with E-state index in [2.05, 4.69) is 31.7 Å². The fourth-order valence-electron chi connectivity index (χ4n) is 5.19. The van der Waals surface area contributed by atoms with E-state index in [1.165, 1.54) is 0 Å². The van der Waals surface area contributed by atoms with Crippen LogP contribution < -0.4 is 20.1 Å². The van der Waals surface area contributed by atoms with Gasteiger partial charge in [-0.05, 0) is 58.6 Å². The molecule has 7 nitrogen and oxygen atoms in total. The lowest BCUT2D eigenvalue weighted by Crippen LogP contribution is -2.35. The van der Waals surface area contributed by atoms with E-state index in [9.17, 15) is 18.0 Å². The van der Waals surface area contributed by atoms with E-state index in [1.54, 1.807) is 48.5 Å². The van der Waals surface area contributed by atoms with Gasteiger partial charge in [0.15, 0.2) is 11.7 Å². The first-order chi connectivity index (χ1) is 21.6. The number of alkyl halides is 3. The second-order valence-electron chi connectivity index (χ2n) is 10.7. The molecule has 2 heterocycles. The molecule has 230 valence electrons. The van der Waals surface area contributed by atoms with Crippen LogP contribution in [-0.2, 0) is 0 Å². The smallest absolute Gasteiger partial charge is 0.410 e. The van der Waals surface area contributed by atoms with Gasteiger partial charge in [0.2, 0.25) is 0 Å². The topological polar surface area (TPSA) is 77.4 Å². The van der Waals surface area contributed by atoms with Crippen LogP contribution in [-0.4, -0.2) is 21.9 Å². The van der Waals surface area contributed by atoms with E-state index < -0.39 is 24.2 Å². The normalized spacial score (nSPS) is 16.0. The maximum absolute atomic E-state index is 14.3. The Morgan fingerprint density at radius 2 is 1.44 bits per heavy atom. The molecule has 1 aliphatic rings. The lowest BCUT2D eigenvalue weighted by Gasteiger charge is -2.33. The van der Waals surface area contributed by atoms with Crippen molar-refractivity contribution < 1.29 is 27.4 Å². The highest BCUT2D eigenvalue weighted by Gasteiger charge is 2.47. The Balaban J connectivity index is 1.33. The molecule has 11 heteroatoms. The number of anilines is 2. The number of rotatable bonds is 7. The van der Waals surface area contributed by atoms with Crippen LogP contribution in [0.4, 0.5) is 24.7 Å². The van der Waals surface area contributed by atoms with Crippen molar-refractivity contribution in [1.29, 1.82) is 0 Å². The van der Waals surface area contributed by atoms with E-state index in [0.717, 1.165) is 15.8 Å². The van der Waals surface area contributed by atoms with Gasteiger partial charge in [-0.3, -0.25) is 4.79 Å². The predicted molar refractivity (Wildman–Crippen MR) is 169 cm³/mol. The van der Waals surface area contributed by atoms with Gasteiger partial charge in [0, 0.05) is 30.3 Å². The number of hydrogen-bond acceptors (Lipinski definition) is 5. The van der Waals surface area contributed by atoms with Crippen LogP contribution in [0.1, 0.15) is 45.7 Å². The lowest BCUT2D eigenvalue weighted by atomic mass is 9.97. The van der Waals surface area contributed by atoms with Crippen molar-refractivity contribution in [2.45, 2.75) is 38.5 Å². The Morgan fingerprint density at radius 3 is 2.00 bits per heavy atom. The van der Waals surface area contributed by atoms with Gasteiger partial charge in [-0.2, -0.15) is 18.3 Å². The molecule has 0 bridgehead atoms. The number of carbonyl (C=O) groups is 1. The first-order valence-corrected chi connectivity index (χ1v) is 15.0. The summed E-state index contributed by atoms with van der Waals surface area (Å²) in [7, 11) is 0. The average Bonchev–Trinajstić information content (AvgIpc) is 3.35. The first-order valence-electron chi connectivity index (χ1n) is 14.2. The van der Waals surface area contributed by atoms with E-state index >= 15 is 0 Å². The maximum Gasteiger partial charge on any atom is 0.410 e. The molecule has 45 heavy (non-hydrogen) atoms. The summed E-state index contributed by atoms with van der Waals surface area (Å²) in [5, 5.41) is 10.1. The molecule has 0 aliphatic carbocycles. The summed E-state index contributed by atoms with van der Waals surface area (Å²) >= 11 is 3.36. The van der Waals surface area contributed by atoms with Crippen LogP contribution >= 0.6 is 15.9 Å². The Bertz CT molecular complexity index is 1790. The Kier molecular flexibility index (Phi) is 8.28. The second-order valence-corrected chi connectivity index (χ2v) is 11.5. The molecule has 0 radical (unpaired) electrons. The van der Waals surface area contributed by atoms with Gasteiger partial charge in [0.05, 0.1) is 10.5 Å². The highest BCUT2D eigenvalue weighted by atomic mass is 79.9. The predicted octanol–water partition coefficient (Wildman–Crippen LogP) is 9.76. The molecule has 0 saturated heterocycles. The molecule has 5 aromatic rings. The molecule has 1 aromatic heterocycles. The van der Waals surface area contributed by atoms with E-state index in [0.29, 0.717) is 34.2 Å². The van der Waals surface area contributed by atoms with Gasteiger partial charge in [-0.15, -0.1) is 0 Å². The molecule has 0 fully saturated rings. The molecule has 0 spiro atoms. The summed E-state index contributed by atoms with van der Waals surface area (Å²) in [6.07, 6.45) is -4.88. The number of halogens is 4. The number of aromatic nitrogens is 2. The number of hydrogen-bond donors (Lipinski definition) is 2. The Morgan fingerprint density at radius 1 is 0.889 bits per heavy atom. The van der Waals surface area contributed by atoms with Gasteiger partial charge in [0.1, 0.15) is 28.8 Å². The highest BCUT2D eigenvalue weighted by Crippen LogP contribution is 2.46. The molecular weight excluding hydrogens is 649 g/mol. The van der Waals surface area contributed by atoms with Gasteiger partial charge in [-0.1, -0.05) is 66.7 Å². The number of nitrogens with zero attached hydrogens (tertiary/aromatic N) is 2. The van der Waals surface area contributed by atoms with E-state index in [-0.39, 0.29) is 22.4 Å². The number of amides is 1. The SMILES string of the molecule is Cc1ccccc1Oc1cc(NC(=O)c2nn3c(c2Br)N[C@H](c2ccccc2)C[C@@H]3C(F)(F)F)cc(Oc2ccccc2C)c1. The van der Waals surface area contributed by atoms with Crippen LogP contribution in [0.25, 0.3) is 0 Å². The summed E-state index contributed by atoms with van der Waals surface area (Å²) < 4.78 is 56.1. The molecular formula is C34H28BrF3N4O3. The third kappa shape index (κ3) is 6.53. The van der Waals surface area contributed by atoms with Crippen LogP contribution in [0, 0.1) is 13.8 Å². The van der Waals surface area contributed by atoms with E-state index in [1.807, 2.05) is 62.4 Å². The summed E-state index contributed by atoms with van der Waals surface area (Å²) in [5.41, 5.74) is 2.61. The summed E-state index contributed by atoms with van der Waals surface area (Å²) in [6, 6.07) is 26.2. The van der Waals surface area contributed by atoms with Crippen molar-refractivity contribution >= 4 is 33.3 Å². The summed E-state index contributed by atoms with van der Waals surface area (Å²) in [5.74, 6) is 1.37. The number of benzene rings is 4. The number of aryl methyl sites for hydroxylation is 2. The van der Waals surface area contributed by atoms with Crippen molar-refractivity contribution in [2.24, 2.45) is 0 Å². The van der Waals surface area contributed by atoms with Gasteiger partial charge in [-0.25, -0.2) is 4.68 Å². The maximum atomic E-state index is 14.3. The quantitative estimate of drug-likeness (QED) is 0.179. The Labute approximate surface area is 266 Å². The lowest BCUT2D eigenvalue weighted by molar-refractivity contribution is -0.173. The van der Waals surface area contributed by atoms with Crippen molar-refractivity contribution in [3.05, 3.63) is 124 Å². The first kappa shape index (κ1) is 30.3. The molecule has 6 rings (SSSR count). The molecule has 4 aromatic carbocycles. The van der Waals surface area contributed by atoms with Crippen LogP contribution in [0.2, 0.25) is 0 Å². The number of nitrogens with one attached hydrogen (secondary N) is 2. The fraction of sp³-hybridized carbons (Fsp3) is 0.176. The number of fused-ring (bicyclic) bond motifs is 1. The van der Waals surface area contributed by atoms with Crippen molar-refractivity contribution in [3.8, 4) is 23.0 Å². The summed E-state index contributed by atoms with van der Waals surface area (Å²) in [4.78, 5) is 13.6. The zero-order valence-electron chi connectivity index (χ0n) is 24.2. The highest BCUT2D eigenvalue weighted by molar-refractivity contribution is 9.10. The fourth-order valence-corrected chi connectivity index (χ4v) is 5.74. The van der Waals surface area contributed by atoms with Crippen LogP contribution in [0.3, 0.4) is 0 Å². The standard InChI is InChI=1S/C34H28BrF3N4O3/c1-20-10-6-8-14-27(20)44-24-16-23(17-25(18-24)45-28-15-9-7-11-21(28)2)39-33(43)31-30(35)32-40-26(22-12-4-3-5-13-22)19-29(34(36,37)38)42(32)41-31/h3-18,26,29,40H,19H2,1-2H3,(H,39,43)/t26-,29+/m0/s1. The largest absolute Gasteiger partial charge is 0.457 e. The number of para-hydroxylation sites is 2. The molecule has 0 unspecified atom stereocenters. The van der Waals surface area contributed by atoms with Gasteiger partial charge in [0.25, 0.3) is 5.91 Å². The second kappa shape index (κ2) is 12.3. The summed E-state index contributed by atoms with van der Waals surface area (Å²) in [6.45, 7) is 3.82. The van der Waals surface area contributed by atoms with Crippen LogP contribution in [0.15, 0.2) is 102 Å². The monoisotopic (exact) mass is 676 g/mol. The minimum absolute atomic E-state index is 0.0720.